The molecule has 1 radical (unpaired) electrons. The SMILES string of the molecule is CCCCCCCCCOS(=O)(=O)c1ccccc1.[K]. The molecule has 0 atom stereocenters. The molecule has 0 aliphatic rings. The summed E-state index contributed by atoms with van der Waals surface area (Å²) in [5.74, 6) is 0. The molecule has 0 fully saturated rings. The molecular formula is C15H24KO3S. The van der Waals surface area contributed by atoms with Crippen molar-refractivity contribution in [2.45, 2.75) is 56.8 Å². The zero-order chi connectivity index (χ0) is 14.0. The summed E-state index contributed by atoms with van der Waals surface area (Å²) in [6.07, 6.45) is 8.05. The monoisotopic (exact) mass is 323 g/mol. The number of rotatable bonds is 10. The first-order chi connectivity index (χ1) is 9.17. The Bertz CT molecular complexity index is 432. The third kappa shape index (κ3) is 8.92. The van der Waals surface area contributed by atoms with Crippen LogP contribution in [0.3, 0.4) is 0 Å². The van der Waals surface area contributed by atoms with Crippen LogP contribution < -0.4 is 0 Å². The summed E-state index contributed by atoms with van der Waals surface area (Å²) in [6.45, 7) is 2.48. The summed E-state index contributed by atoms with van der Waals surface area (Å²) < 4.78 is 28.6. The third-order valence-electron chi connectivity index (χ3n) is 3.02. The Labute approximate surface area is 166 Å². The van der Waals surface area contributed by atoms with Crippen molar-refractivity contribution in [3.8, 4) is 0 Å². The Morgan fingerprint density at radius 2 is 1.45 bits per heavy atom. The molecule has 1 aromatic carbocycles. The van der Waals surface area contributed by atoms with Gasteiger partial charge in [0, 0.05) is 51.4 Å². The van der Waals surface area contributed by atoms with Crippen LogP contribution in [0.1, 0.15) is 51.9 Å². The molecule has 0 unspecified atom stereocenters. The van der Waals surface area contributed by atoms with E-state index < -0.39 is 10.1 Å². The Morgan fingerprint density at radius 1 is 0.900 bits per heavy atom. The van der Waals surface area contributed by atoms with Crippen LogP contribution in [-0.2, 0) is 14.3 Å². The van der Waals surface area contributed by atoms with E-state index in [1.807, 2.05) is 0 Å². The van der Waals surface area contributed by atoms with Gasteiger partial charge in [-0.15, -0.1) is 0 Å². The molecule has 0 N–H and O–H groups in total. The Hall–Kier alpha value is 0.766. The summed E-state index contributed by atoms with van der Waals surface area (Å²) in [7, 11) is -3.56. The van der Waals surface area contributed by atoms with E-state index in [0.717, 1.165) is 19.3 Å². The minimum Gasteiger partial charge on any atom is -0.266 e. The van der Waals surface area contributed by atoms with Gasteiger partial charge in [0.2, 0.25) is 0 Å². The Kier molecular flexibility index (Phi) is 12.8. The molecule has 109 valence electrons. The summed E-state index contributed by atoms with van der Waals surface area (Å²) in [5.41, 5.74) is 0. The van der Waals surface area contributed by atoms with Gasteiger partial charge in [-0.25, -0.2) is 0 Å². The topological polar surface area (TPSA) is 43.4 Å². The van der Waals surface area contributed by atoms with Crippen LogP contribution in [0.5, 0.6) is 0 Å². The quantitative estimate of drug-likeness (QED) is 0.374. The Morgan fingerprint density at radius 3 is 2.05 bits per heavy atom. The molecule has 5 heteroatoms. The van der Waals surface area contributed by atoms with Crippen LogP contribution in [0.4, 0.5) is 0 Å². The molecule has 1 aromatic rings. The minimum atomic E-state index is -3.56. The molecule has 0 saturated heterocycles. The molecular weight excluding hydrogens is 299 g/mol. The standard InChI is InChI=1S/C15H24O3S.K/c1-2-3-4-5-6-7-11-14-18-19(16,17)15-12-9-8-10-13-15;/h8-10,12-13H,2-7,11,14H2,1H3;. The summed E-state index contributed by atoms with van der Waals surface area (Å²) in [4.78, 5) is 0.234. The molecule has 3 nitrogen and oxygen atoms in total. The van der Waals surface area contributed by atoms with E-state index in [1.165, 1.54) is 25.7 Å². The summed E-state index contributed by atoms with van der Waals surface area (Å²) in [5, 5.41) is 0. The number of hydrogen-bond acceptors (Lipinski definition) is 3. The van der Waals surface area contributed by atoms with Gasteiger partial charge < -0.3 is 0 Å². The van der Waals surface area contributed by atoms with Crippen LogP contribution in [0.25, 0.3) is 0 Å². The van der Waals surface area contributed by atoms with Gasteiger partial charge in [-0.1, -0.05) is 63.6 Å². The van der Waals surface area contributed by atoms with Gasteiger partial charge in [0.15, 0.2) is 0 Å². The predicted molar refractivity (Wildman–Crippen MR) is 83.3 cm³/mol. The normalized spacial score (nSPS) is 11.1. The van der Waals surface area contributed by atoms with Crippen molar-refractivity contribution in [3.63, 3.8) is 0 Å². The zero-order valence-corrected chi connectivity index (χ0v) is 16.6. The Balaban J connectivity index is 0.00000361. The first-order valence-corrected chi connectivity index (χ1v) is 8.52. The molecule has 0 aromatic heterocycles. The van der Waals surface area contributed by atoms with Crippen molar-refractivity contribution in [1.82, 2.24) is 0 Å². The molecule has 0 aliphatic carbocycles. The molecule has 0 bridgehead atoms. The second kappa shape index (κ2) is 12.3. The molecule has 0 amide bonds. The van der Waals surface area contributed by atoms with Gasteiger partial charge in [-0.05, 0) is 18.6 Å². The van der Waals surface area contributed by atoms with E-state index in [1.54, 1.807) is 30.3 Å². The first-order valence-electron chi connectivity index (χ1n) is 7.11. The molecule has 1 rings (SSSR count). The second-order valence-corrected chi connectivity index (χ2v) is 6.33. The number of benzene rings is 1. The zero-order valence-electron chi connectivity index (χ0n) is 12.7. The van der Waals surface area contributed by atoms with E-state index in [2.05, 4.69) is 6.92 Å². The van der Waals surface area contributed by atoms with Crippen LogP contribution in [0.15, 0.2) is 35.2 Å². The average molecular weight is 324 g/mol. The molecule has 0 saturated carbocycles. The summed E-state index contributed by atoms with van der Waals surface area (Å²) >= 11 is 0. The van der Waals surface area contributed by atoms with Crippen molar-refractivity contribution in [3.05, 3.63) is 30.3 Å². The van der Waals surface area contributed by atoms with Crippen LogP contribution in [0.2, 0.25) is 0 Å². The van der Waals surface area contributed by atoms with E-state index in [0.29, 0.717) is 0 Å². The van der Waals surface area contributed by atoms with Crippen molar-refractivity contribution < 1.29 is 12.6 Å². The maximum atomic E-state index is 11.8. The molecule has 0 aliphatic heterocycles. The maximum Gasteiger partial charge on any atom is 0.296 e. The summed E-state index contributed by atoms with van der Waals surface area (Å²) in [6, 6.07) is 8.30. The van der Waals surface area contributed by atoms with Crippen molar-refractivity contribution in [1.29, 1.82) is 0 Å². The smallest absolute Gasteiger partial charge is 0.266 e. The van der Waals surface area contributed by atoms with Gasteiger partial charge in [0.1, 0.15) is 0 Å². The fourth-order valence-electron chi connectivity index (χ4n) is 1.88. The second-order valence-electron chi connectivity index (χ2n) is 4.71. The fraction of sp³-hybridized carbons (Fsp3) is 0.600. The number of unbranched alkanes of at least 4 members (excludes halogenated alkanes) is 6. The maximum absolute atomic E-state index is 11.8. The van der Waals surface area contributed by atoms with Gasteiger partial charge >= 0.3 is 0 Å². The molecule has 0 heterocycles. The van der Waals surface area contributed by atoms with Crippen molar-refractivity contribution in [2.75, 3.05) is 6.61 Å². The molecule has 20 heavy (non-hydrogen) atoms. The van der Waals surface area contributed by atoms with E-state index in [4.69, 9.17) is 4.18 Å². The van der Waals surface area contributed by atoms with Crippen LogP contribution >= 0.6 is 0 Å². The van der Waals surface area contributed by atoms with E-state index >= 15 is 0 Å². The van der Waals surface area contributed by atoms with Crippen LogP contribution in [0, 0.1) is 0 Å². The largest absolute Gasteiger partial charge is 0.296 e. The van der Waals surface area contributed by atoms with Gasteiger partial charge in [-0.3, -0.25) is 4.18 Å². The van der Waals surface area contributed by atoms with Gasteiger partial charge in [-0.2, -0.15) is 8.42 Å². The fourth-order valence-corrected chi connectivity index (χ4v) is 2.85. The number of hydrogen-bond donors (Lipinski definition) is 0. The first kappa shape index (κ1) is 20.8. The van der Waals surface area contributed by atoms with E-state index in [-0.39, 0.29) is 62.9 Å². The van der Waals surface area contributed by atoms with Gasteiger partial charge in [0.25, 0.3) is 10.1 Å². The third-order valence-corrected chi connectivity index (χ3v) is 4.34. The van der Waals surface area contributed by atoms with Crippen molar-refractivity contribution >= 4 is 61.5 Å². The minimum absolute atomic E-state index is 0. The average Bonchev–Trinajstić information content (AvgIpc) is 2.43. The van der Waals surface area contributed by atoms with Crippen LogP contribution in [-0.4, -0.2) is 66.4 Å². The van der Waals surface area contributed by atoms with Crippen molar-refractivity contribution in [2.24, 2.45) is 0 Å². The predicted octanol–water partition coefficient (Wildman–Crippen LogP) is 3.76. The van der Waals surface area contributed by atoms with E-state index in [9.17, 15) is 8.42 Å². The van der Waals surface area contributed by atoms with Gasteiger partial charge in [0.05, 0.1) is 11.5 Å². The molecule has 0 spiro atoms.